The van der Waals surface area contributed by atoms with E-state index < -0.39 is 5.82 Å². The Balaban J connectivity index is 2.24. The van der Waals surface area contributed by atoms with E-state index in [1.165, 1.54) is 6.07 Å². The van der Waals surface area contributed by atoms with Gasteiger partial charge < -0.3 is 4.90 Å². The zero-order chi connectivity index (χ0) is 12.4. The average molecular weight is 300 g/mol. The van der Waals surface area contributed by atoms with E-state index in [1.54, 1.807) is 17.0 Å². The normalized spacial score (nSPS) is 20.4. The number of likely N-dealkylation sites (tertiary alicyclic amines) is 1. The molecule has 4 heteroatoms. The number of piperidine rings is 1. The highest BCUT2D eigenvalue weighted by Gasteiger charge is 2.25. The summed E-state index contributed by atoms with van der Waals surface area (Å²) in [6.07, 6.45) is 2.14. The molecule has 0 aromatic heterocycles. The molecular formula is C13H15BrFNO. The Morgan fingerprint density at radius 1 is 1.53 bits per heavy atom. The summed E-state index contributed by atoms with van der Waals surface area (Å²) < 4.78 is 14.2. The molecule has 92 valence electrons. The van der Waals surface area contributed by atoms with Gasteiger partial charge in [0.1, 0.15) is 5.82 Å². The van der Waals surface area contributed by atoms with Crippen molar-refractivity contribution in [3.05, 3.63) is 34.1 Å². The summed E-state index contributed by atoms with van der Waals surface area (Å²) in [6.45, 7) is 3.57. The van der Waals surface area contributed by atoms with Crippen LogP contribution in [0.3, 0.4) is 0 Å². The topological polar surface area (TPSA) is 20.3 Å². The van der Waals surface area contributed by atoms with Crippen LogP contribution in [0.5, 0.6) is 0 Å². The summed E-state index contributed by atoms with van der Waals surface area (Å²) in [5.41, 5.74) is 0.154. The summed E-state index contributed by atoms with van der Waals surface area (Å²) >= 11 is 3.24. The van der Waals surface area contributed by atoms with Crippen LogP contribution < -0.4 is 0 Å². The maximum atomic E-state index is 13.7. The number of carbonyl (C=O) groups excluding carboxylic acids is 1. The van der Waals surface area contributed by atoms with E-state index in [0.717, 1.165) is 25.9 Å². The molecule has 0 bridgehead atoms. The molecule has 0 aliphatic carbocycles. The van der Waals surface area contributed by atoms with Crippen LogP contribution >= 0.6 is 15.9 Å². The third kappa shape index (κ3) is 2.68. The number of hydrogen-bond acceptors (Lipinski definition) is 1. The SMILES string of the molecule is CC1CCCN(C(=O)c2c(F)cccc2Br)C1. The van der Waals surface area contributed by atoms with Gasteiger partial charge in [-0.1, -0.05) is 13.0 Å². The lowest BCUT2D eigenvalue weighted by molar-refractivity contribution is 0.0677. The van der Waals surface area contributed by atoms with Crippen molar-refractivity contribution in [2.75, 3.05) is 13.1 Å². The van der Waals surface area contributed by atoms with Crippen molar-refractivity contribution in [2.45, 2.75) is 19.8 Å². The van der Waals surface area contributed by atoms with Gasteiger partial charge >= 0.3 is 0 Å². The van der Waals surface area contributed by atoms with Crippen LogP contribution in [0.15, 0.2) is 22.7 Å². The van der Waals surface area contributed by atoms with Crippen molar-refractivity contribution in [1.29, 1.82) is 0 Å². The lowest BCUT2D eigenvalue weighted by Gasteiger charge is -2.31. The maximum absolute atomic E-state index is 13.7. The van der Waals surface area contributed by atoms with Crippen LogP contribution in [-0.4, -0.2) is 23.9 Å². The van der Waals surface area contributed by atoms with Crippen molar-refractivity contribution >= 4 is 21.8 Å². The fourth-order valence-electron chi connectivity index (χ4n) is 2.23. The fourth-order valence-corrected chi connectivity index (χ4v) is 2.75. The Morgan fingerprint density at radius 3 is 2.94 bits per heavy atom. The van der Waals surface area contributed by atoms with Crippen LogP contribution in [0.4, 0.5) is 4.39 Å². The number of amides is 1. The molecule has 0 N–H and O–H groups in total. The molecule has 1 aliphatic rings. The number of nitrogens with zero attached hydrogens (tertiary/aromatic N) is 1. The average Bonchev–Trinajstić information content (AvgIpc) is 2.28. The lowest BCUT2D eigenvalue weighted by atomic mass is 9.99. The number of carbonyl (C=O) groups is 1. The van der Waals surface area contributed by atoms with E-state index in [1.807, 2.05) is 0 Å². The molecule has 2 nitrogen and oxygen atoms in total. The molecule has 1 amide bonds. The molecule has 0 saturated carbocycles. The first kappa shape index (κ1) is 12.6. The number of hydrogen-bond donors (Lipinski definition) is 0. The van der Waals surface area contributed by atoms with E-state index in [-0.39, 0.29) is 11.5 Å². The Hall–Kier alpha value is -0.900. The second-order valence-corrected chi connectivity index (χ2v) is 5.45. The Labute approximate surface area is 109 Å². The highest BCUT2D eigenvalue weighted by Crippen LogP contribution is 2.24. The summed E-state index contributed by atoms with van der Waals surface area (Å²) in [5.74, 6) is -0.164. The zero-order valence-electron chi connectivity index (χ0n) is 9.75. The predicted octanol–water partition coefficient (Wildman–Crippen LogP) is 3.46. The zero-order valence-corrected chi connectivity index (χ0v) is 11.3. The number of halogens is 2. The van der Waals surface area contributed by atoms with Crippen molar-refractivity contribution < 1.29 is 9.18 Å². The molecule has 1 aliphatic heterocycles. The summed E-state index contributed by atoms with van der Waals surface area (Å²) in [4.78, 5) is 14.0. The summed E-state index contributed by atoms with van der Waals surface area (Å²) in [5, 5.41) is 0. The quantitative estimate of drug-likeness (QED) is 0.778. The van der Waals surface area contributed by atoms with Gasteiger partial charge in [-0.25, -0.2) is 4.39 Å². The molecule has 1 aromatic carbocycles. The van der Waals surface area contributed by atoms with E-state index in [2.05, 4.69) is 22.9 Å². The first-order valence-corrected chi connectivity index (χ1v) is 6.62. The van der Waals surface area contributed by atoms with Crippen LogP contribution in [-0.2, 0) is 0 Å². The van der Waals surface area contributed by atoms with Gasteiger partial charge in [-0.3, -0.25) is 4.79 Å². The molecule has 1 saturated heterocycles. The largest absolute Gasteiger partial charge is 0.338 e. The highest BCUT2D eigenvalue weighted by atomic mass is 79.9. The Bertz CT molecular complexity index is 415. The second kappa shape index (κ2) is 5.17. The monoisotopic (exact) mass is 299 g/mol. The molecule has 0 radical (unpaired) electrons. The van der Waals surface area contributed by atoms with Crippen molar-refractivity contribution in [3.63, 3.8) is 0 Å². The predicted molar refractivity (Wildman–Crippen MR) is 68.4 cm³/mol. The van der Waals surface area contributed by atoms with Crippen LogP contribution in [0.1, 0.15) is 30.1 Å². The van der Waals surface area contributed by atoms with Crippen molar-refractivity contribution in [3.8, 4) is 0 Å². The Kier molecular flexibility index (Phi) is 3.82. The van der Waals surface area contributed by atoms with E-state index >= 15 is 0 Å². The standard InChI is InChI=1S/C13H15BrFNO/c1-9-4-3-7-16(8-9)13(17)12-10(14)5-2-6-11(12)15/h2,5-6,9H,3-4,7-8H2,1H3. The third-order valence-electron chi connectivity index (χ3n) is 3.12. The molecule has 1 fully saturated rings. The van der Waals surface area contributed by atoms with Gasteiger partial charge in [-0.2, -0.15) is 0 Å². The van der Waals surface area contributed by atoms with Gasteiger partial charge in [0.05, 0.1) is 5.56 Å². The van der Waals surface area contributed by atoms with Crippen LogP contribution in [0.25, 0.3) is 0 Å². The molecule has 2 rings (SSSR count). The first-order valence-electron chi connectivity index (χ1n) is 5.83. The van der Waals surface area contributed by atoms with Gasteiger partial charge in [-0.05, 0) is 46.8 Å². The molecular weight excluding hydrogens is 285 g/mol. The summed E-state index contributed by atoms with van der Waals surface area (Å²) in [6, 6.07) is 4.62. The molecule has 1 heterocycles. The van der Waals surface area contributed by atoms with Crippen LogP contribution in [0.2, 0.25) is 0 Å². The second-order valence-electron chi connectivity index (χ2n) is 4.60. The van der Waals surface area contributed by atoms with Gasteiger partial charge in [0.15, 0.2) is 0 Å². The Morgan fingerprint density at radius 2 is 2.29 bits per heavy atom. The van der Waals surface area contributed by atoms with Crippen LogP contribution in [0, 0.1) is 11.7 Å². The third-order valence-corrected chi connectivity index (χ3v) is 3.78. The highest BCUT2D eigenvalue weighted by molar-refractivity contribution is 9.10. The fraction of sp³-hybridized carbons (Fsp3) is 0.462. The molecule has 1 aromatic rings. The minimum atomic E-state index is -0.456. The maximum Gasteiger partial charge on any atom is 0.257 e. The molecule has 17 heavy (non-hydrogen) atoms. The molecule has 1 atom stereocenters. The van der Waals surface area contributed by atoms with E-state index in [0.29, 0.717) is 10.4 Å². The lowest BCUT2D eigenvalue weighted by Crippen LogP contribution is -2.39. The number of rotatable bonds is 1. The van der Waals surface area contributed by atoms with Gasteiger partial charge in [-0.15, -0.1) is 0 Å². The van der Waals surface area contributed by atoms with Crippen molar-refractivity contribution in [1.82, 2.24) is 4.90 Å². The molecule has 1 unspecified atom stereocenters. The minimum absolute atomic E-state index is 0.154. The van der Waals surface area contributed by atoms with Gasteiger partial charge in [0, 0.05) is 17.6 Å². The minimum Gasteiger partial charge on any atom is -0.338 e. The number of benzene rings is 1. The van der Waals surface area contributed by atoms with E-state index in [4.69, 9.17) is 0 Å². The molecule has 0 spiro atoms. The first-order chi connectivity index (χ1) is 8.09. The smallest absolute Gasteiger partial charge is 0.257 e. The van der Waals surface area contributed by atoms with Crippen molar-refractivity contribution in [2.24, 2.45) is 5.92 Å². The van der Waals surface area contributed by atoms with Gasteiger partial charge in [0.25, 0.3) is 5.91 Å². The van der Waals surface area contributed by atoms with E-state index in [9.17, 15) is 9.18 Å². The summed E-state index contributed by atoms with van der Waals surface area (Å²) in [7, 11) is 0. The van der Waals surface area contributed by atoms with Gasteiger partial charge in [0.2, 0.25) is 0 Å².